The molecule has 0 aliphatic rings. The van der Waals surface area contributed by atoms with E-state index in [4.69, 9.17) is 0 Å². The monoisotopic (exact) mass is 223 g/mol. The second-order valence-corrected chi connectivity index (χ2v) is 3.95. The summed E-state index contributed by atoms with van der Waals surface area (Å²) in [6, 6.07) is 9.14. The summed E-state index contributed by atoms with van der Waals surface area (Å²) < 4.78 is 0. The molecule has 90 valence electrons. The summed E-state index contributed by atoms with van der Waals surface area (Å²) in [6.07, 6.45) is 1.51. The van der Waals surface area contributed by atoms with Crippen molar-refractivity contribution in [1.29, 1.82) is 0 Å². The Morgan fingerprint density at radius 2 is 1.94 bits per heavy atom. The van der Waals surface area contributed by atoms with Gasteiger partial charge in [0.15, 0.2) is 0 Å². The number of aliphatic hydroxyl groups is 2. The fourth-order valence-electron chi connectivity index (χ4n) is 1.62. The average molecular weight is 223 g/mol. The van der Waals surface area contributed by atoms with Crippen LogP contribution in [0, 0.1) is 0 Å². The van der Waals surface area contributed by atoms with Gasteiger partial charge in [-0.25, -0.2) is 0 Å². The highest BCUT2D eigenvalue weighted by Gasteiger charge is 2.18. The van der Waals surface area contributed by atoms with E-state index in [9.17, 15) is 10.2 Å². The molecular formula is C13H21NO2. The third kappa shape index (κ3) is 3.93. The maximum Gasteiger partial charge on any atom is 0.0965 e. The first-order valence-corrected chi connectivity index (χ1v) is 5.86. The number of benzene rings is 1. The standard InChI is InChI=1S/C13H21NO2/c1-2-3-9-14-12(10-15)13(16)11-7-5-4-6-8-11/h4-8,12-16H,2-3,9-10H2,1H3. The second kappa shape index (κ2) is 7.39. The molecule has 2 atom stereocenters. The van der Waals surface area contributed by atoms with Gasteiger partial charge >= 0.3 is 0 Å². The normalized spacial score (nSPS) is 14.7. The van der Waals surface area contributed by atoms with Crippen molar-refractivity contribution in [1.82, 2.24) is 5.32 Å². The molecule has 0 bridgehead atoms. The summed E-state index contributed by atoms with van der Waals surface area (Å²) in [4.78, 5) is 0. The molecule has 0 radical (unpaired) electrons. The molecular weight excluding hydrogens is 202 g/mol. The SMILES string of the molecule is CCCCNC(CO)C(O)c1ccccc1. The molecule has 0 aliphatic heterocycles. The van der Waals surface area contributed by atoms with Crippen molar-refractivity contribution in [3.63, 3.8) is 0 Å². The minimum Gasteiger partial charge on any atom is -0.395 e. The van der Waals surface area contributed by atoms with Gasteiger partial charge in [0, 0.05) is 0 Å². The Balaban J connectivity index is 2.52. The lowest BCUT2D eigenvalue weighted by Gasteiger charge is -2.22. The van der Waals surface area contributed by atoms with E-state index in [1.54, 1.807) is 0 Å². The molecule has 1 aromatic carbocycles. The molecule has 2 unspecified atom stereocenters. The van der Waals surface area contributed by atoms with E-state index in [1.807, 2.05) is 30.3 Å². The third-order valence-corrected chi connectivity index (χ3v) is 2.66. The van der Waals surface area contributed by atoms with Gasteiger partial charge in [-0.1, -0.05) is 43.7 Å². The molecule has 1 rings (SSSR count). The first-order valence-electron chi connectivity index (χ1n) is 5.86. The first-order chi connectivity index (χ1) is 7.79. The van der Waals surface area contributed by atoms with Crippen molar-refractivity contribution in [3.05, 3.63) is 35.9 Å². The maximum absolute atomic E-state index is 10.1. The predicted octanol–water partition coefficient (Wildman–Crippen LogP) is 1.47. The van der Waals surface area contributed by atoms with Crippen molar-refractivity contribution in [2.24, 2.45) is 0 Å². The van der Waals surface area contributed by atoms with E-state index < -0.39 is 6.10 Å². The van der Waals surface area contributed by atoms with Gasteiger partial charge in [0.1, 0.15) is 0 Å². The highest BCUT2D eigenvalue weighted by atomic mass is 16.3. The molecule has 0 aliphatic carbocycles. The molecule has 16 heavy (non-hydrogen) atoms. The minimum absolute atomic E-state index is 0.0558. The number of rotatable bonds is 7. The van der Waals surface area contributed by atoms with Gasteiger partial charge < -0.3 is 15.5 Å². The topological polar surface area (TPSA) is 52.5 Å². The van der Waals surface area contributed by atoms with Crippen LogP contribution in [0.3, 0.4) is 0 Å². The highest BCUT2D eigenvalue weighted by molar-refractivity contribution is 5.18. The fraction of sp³-hybridized carbons (Fsp3) is 0.538. The van der Waals surface area contributed by atoms with Crippen molar-refractivity contribution >= 4 is 0 Å². The van der Waals surface area contributed by atoms with Gasteiger partial charge in [0.05, 0.1) is 18.8 Å². The van der Waals surface area contributed by atoms with Gasteiger partial charge in [-0.2, -0.15) is 0 Å². The number of nitrogens with one attached hydrogen (secondary N) is 1. The van der Waals surface area contributed by atoms with Crippen LogP contribution in [0.25, 0.3) is 0 Å². The van der Waals surface area contributed by atoms with Crippen LogP contribution in [-0.2, 0) is 0 Å². The summed E-state index contributed by atoms with van der Waals surface area (Å²) in [5.74, 6) is 0. The van der Waals surface area contributed by atoms with E-state index in [0.29, 0.717) is 0 Å². The van der Waals surface area contributed by atoms with Gasteiger partial charge in [-0.3, -0.25) is 0 Å². The Hall–Kier alpha value is -0.900. The Labute approximate surface area is 97.1 Å². The molecule has 1 aromatic rings. The van der Waals surface area contributed by atoms with Crippen LogP contribution in [0.1, 0.15) is 31.4 Å². The van der Waals surface area contributed by atoms with E-state index in [1.165, 1.54) is 0 Å². The van der Waals surface area contributed by atoms with Crippen LogP contribution in [0.2, 0.25) is 0 Å². The minimum atomic E-state index is -0.650. The molecule has 3 N–H and O–H groups in total. The number of hydrogen-bond acceptors (Lipinski definition) is 3. The number of hydrogen-bond donors (Lipinski definition) is 3. The van der Waals surface area contributed by atoms with Crippen molar-refractivity contribution in [3.8, 4) is 0 Å². The lowest BCUT2D eigenvalue weighted by atomic mass is 10.0. The lowest BCUT2D eigenvalue weighted by Crippen LogP contribution is -2.38. The average Bonchev–Trinajstić information content (AvgIpc) is 2.35. The van der Waals surface area contributed by atoms with Crippen molar-refractivity contribution < 1.29 is 10.2 Å². The first kappa shape index (κ1) is 13.2. The van der Waals surface area contributed by atoms with Crippen LogP contribution < -0.4 is 5.32 Å². The van der Waals surface area contributed by atoms with Crippen LogP contribution in [-0.4, -0.2) is 29.4 Å². The second-order valence-electron chi connectivity index (χ2n) is 3.95. The van der Waals surface area contributed by atoms with Crippen molar-refractivity contribution in [2.45, 2.75) is 31.9 Å². The molecule has 3 heteroatoms. The smallest absolute Gasteiger partial charge is 0.0965 e. The number of unbranched alkanes of at least 4 members (excludes halogenated alkanes) is 1. The summed E-state index contributed by atoms with van der Waals surface area (Å²) in [5, 5.41) is 22.5. The Morgan fingerprint density at radius 1 is 1.25 bits per heavy atom. The Bertz CT molecular complexity index is 277. The van der Waals surface area contributed by atoms with E-state index in [2.05, 4.69) is 12.2 Å². The molecule has 0 amide bonds. The van der Waals surface area contributed by atoms with Crippen LogP contribution in [0.4, 0.5) is 0 Å². The summed E-state index contributed by atoms with van der Waals surface area (Å²) >= 11 is 0. The molecule has 0 saturated heterocycles. The van der Waals surface area contributed by atoms with Gasteiger partial charge in [0.25, 0.3) is 0 Å². The van der Waals surface area contributed by atoms with E-state index in [0.717, 1.165) is 24.9 Å². The fourth-order valence-corrected chi connectivity index (χ4v) is 1.62. The Kier molecular flexibility index (Phi) is 6.08. The van der Waals surface area contributed by atoms with Crippen LogP contribution in [0.15, 0.2) is 30.3 Å². The molecule has 0 heterocycles. The van der Waals surface area contributed by atoms with E-state index in [-0.39, 0.29) is 12.6 Å². The van der Waals surface area contributed by atoms with Gasteiger partial charge in [0.2, 0.25) is 0 Å². The maximum atomic E-state index is 10.1. The third-order valence-electron chi connectivity index (χ3n) is 2.66. The summed E-state index contributed by atoms with van der Waals surface area (Å²) in [5.41, 5.74) is 0.838. The van der Waals surface area contributed by atoms with E-state index >= 15 is 0 Å². The van der Waals surface area contributed by atoms with Gasteiger partial charge in [-0.05, 0) is 18.5 Å². The molecule has 0 aromatic heterocycles. The summed E-state index contributed by atoms with van der Waals surface area (Å²) in [6.45, 7) is 2.88. The van der Waals surface area contributed by atoms with Gasteiger partial charge in [-0.15, -0.1) is 0 Å². The summed E-state index contributed by atoms with van der Waals surface area (Å²) in [7, 11) is 0. The van der Waals surface area contributed by atoms with Crippen LogP contribution in [0.5, 0.6) is 0 Å². The molecule has 0 fully saturated rings. The lowest BCUT2D eigenvalue weighted by molar-refractivity contribution is 0.0900. The molecule has 0 saturated carbocycles. The number of aliphatic hydroxyl groups excluding tert-OH is 2. The molecule has 3 nitrogen and oxygen atoms in total. The van der Waals surface area contributed by atoms with Crippen LogP contribution >= 0.6 is 0 Å². The Morgan fingerprint density at radius 3 is 2.50 bits per heavy atom. The predicted molar refractivity (Wildman–Crippen MR) is 65.2 cm³/mol. The molecule has 0 spiro atoms. The zero-order chi connectivity index (χ0) is 11.8. The zero-order valence-corrected chi connectivity index (χ0v) is 9.76. The quantitative estimate of drug-likeness (QED) is 0.614. The largest absolute Gasteiger partial charge is 0.395 e. The zero-order valence-electron chi connectivity index (χ0n) is 9.76. The van der Waals surface area contributed by atoms with Crippen molar-refractivity contribution in [2.75, 3.05) is 13.2 Å². The highest BCUT2D eigenvalue weighted by Crippen LogP contribution is 2.16.